The highest BCUT2D eigenvalue weighted by molar-refractivity contribution is 5.96. The maximum absolute atomic E-state index is 11.8. The van der Waals surface area contributed by atoms with Gasteiger partial charge in [-0.25, -0.2) is 0 Å². The Balaban J connectivity index is 1.90. The quantitative estimate of drug-likeness (QED) is 0.510. The smallest absolute Gasteiger partial charge is 0.258 e. The van der Waals surface area contributed by atoms with Crippen LogP contribution in [-0.2, 0) is 0 Å². The molecule has 1 aromatic heterocycles. The number of fused-ring (bicyclic) bond motifs is 2. The van der Waals surface area contributed by atoms with Crippen molar-refractivity contribution in [2.75, 3.05) is 0 Å². The zero-order valence-corrected chi connectivity index (χ0v) is 13.2. The Hall–Kier alpha value is -3.47. The summed E-state index contributed by atoms with van der Waals surface area (Å²) < 4.78 is 0. The second kappa shape index (κ2) is 5.56. The molecular weight excluding hydrogens is 318 g/mol. The lowest BCUT2D eigenvalue weighted by molar-refractivity contribution is 0.450. The van der Waals surface area contributed by atoms with E-state index in [1.165, 1.54) is 12.1 Å². The summed E-state index contributed by atoms with van der Waals surface area (Å²) in [4.78, 5) is 14.2. The van der Waals surface area contributed by atoms with Gasteiger partial charge in [-0.2, -0.15) is 0 Å². The zero-order chi connectivity index (χ0) is 17.6. The minimum atomic E-state index is -0.337. The molecule has 4 rings (SSSR count). The lowest BCUT2D eigenvalue weighted by Gasteiger charge is -2.09. The monoisotopic (exact) mass is 333 g/mol. The molecule has 4 N–H and O–H groups in total. The Morgan fingerprint density at radius 3 is 2.60 bits per heavy atom. The molecule has 25 heavy (non-hydrogen) atoms. The molecule has 0 bridgehead atoms. The lowest BCUT2D eigenvalue weighted by atomic mass is 9.98. The highest BCUT2D eigenvalue weighted by Crippen LogP contribution is 2.36. The van der Waals surface area contributed by atoms with Gasteiger partial charge in [0.25, 0.3) is 5.56 Å². The van der Waals surface area contributed by atoms with E-state index < -0.39 is 0 Å². The average Bonchev–Trinajstić information content (AvgIpc) is 2.59. The predicted molar refractivity (Wildman–Crippen MR) is 96.8 cm³/mol. The van der Waals surface area contributed by atoms with Crippen molar-refractivity contribution in [3.05, 3.63) is 68.3 Å². The number of hydrogen-bond donors (Lipinski definition) is 4. The highest BCUT2D eigenvalue weighted by atomic mass is 16.3. The topological polar surface area (TPSA) is 93.6 Å². The Labute approximate surface area is 142 Å². The van der Waals surface area contributed by atoms with Crippen molar-refractivity contribution < 1.29 is 15.3 Å². The second-order valence-electron chi connectivity index (χ2n) is 6.00. The summed E-state index contributed by atoms with van der Waals surface area (Å²) in [5, 5.41) is 32.6. The van der Waals surface area contributed by atoms with Gasteiger partial charge in [0, 0.05) is 27.6 Å². The van der Waals surface area contributed by atoms with Crippen LogP contribution in [0.5, 0.6) is 17.4 Å². The first kappa shape index (κ1) is 15.1. The van der Waals surface area contributed by atoms with Crippen LogP contribution in [0.25, 0.3) is 29.0 Å². The fraction of sp³-hybridized carbons (Fsp3) is 0.0500. The van der Waals surface area contributed by atoms with E-state index in [1.807, 2.05) is 0 Å². The van der Waals surface area contributed by atoms with Gasteiger partial charge in [-0.15, -0.1) is 0 Å². The fourth-order valence-electron chi connectivity index (χ4n) is 3.16. The third-order valence-corrected chi connectivity index (χ3v) is 4.34. The minimum Gasteiger partial charge on any atom is -0.507 e. The van der Waals surface area contributed by atoms with E-state index in [0.29, 0.717) is 33.2 Å². The summed E-state index contributed by atoms with van der Waals surface area (Å²) in [6, 6.07) is 10.1. The van der Waals surface area contributed by atoms with E-state index >= 15 is 0 Å². The summed E-state index contributed by atoms with van der Waals surface area (Å²) in [5.74, 6) is -0.00997. The van der Waals surface area contributed by atoms with Gasteiger partial charge in [0.05, 0.1) is 0 Å². The molecule has 0 unspecified atom stereocenters. The highest BCUT2D eigenvalue weighted by Gasteiger charge is 2.10. The molecular formula is C20H15NO4. The van der Waals surface area contributed by atoms with Gasteiger partial charge in [-0.05, 0) is 29.4 Å². The maximum atomic E-state index is 11.8. The number of H-pyrrole nitrogens is 1. The van der Waals surface area contributed by atoms with Crippen molar-refractivity contribution in [2.45, 2.75) is 6.42 Å². The van der Waals surface area contributed by atoms with Crippen molar-refractivity contribution >= 4 is 29.0 Å². The molecule has 0 atom stereocenters. The van der Waals surface area contributed by atoms with Gasteiger partial charge in [-0.3, -0.25) is 9.78 Å². The molecule has 0 saturated carbocycles. The van der Waals surface area contributed by atoms with Crippen LogP contribution < -0.4 is 16.0 Å². The number of pyridine rings is 1. The molecule has 0 aliphatic heterocycles. The number of aromatic hydroxyl groups is 3. The Morgan fingerprint density at radius 1 is 1.04 bits per heavy atom. The van der Waals surface area contributed by atoms with Crippen LogP contribution in [0.4, 0.5) is 0 Å². The van der Waals surface area contributed by atoms with Crippen LogP contribution in [0.2, 0.25) is 0 Å². The van der Waals surface area contributed by atoms with E-state index in [0.717, 1.165) is 5.57 Å². The van der Waals surface area contributed by atoms with E-state index in [2.05, 4.69) is 4.98 Å². The summed E-state index contributed by atoms with van der Waals surface area (Å²) >= 11 is 0. The van der Waals surface area contributed by atoms with E-state index in [4.69, 9.17) is 0 Å². The minimum absolute atomic E-state index is 0.0915. The fourth-order valence-corrected chi connectivity index (χ4v) is 3.16. The molecule has 0 fully saturated rings. The number of phenols is 2. The second-order valence-corrected chi connectivity index (χ2v) is 6.00. The van der Waals surface area contributed by atoms with Crippen LogP contribution in [-0.4, -0.2) is 20.3 Å². The van der Waals surface area contributed by atoms with Crippen LogP contribution in [0.15, 0.2) is 46.8 Å². The normalized spacial score (nSPS) is 14.8. The Kier molecular flexibility index (Phi) is 3.35. The molecule has 5 nitrogen and oxygen atoms in total. The third kappa shape index (κ3) is 2.55. The molecule has 2 aromatic carbocycles. The molecule has 0 saturated heterocycles. The van der Waals surface area contributed by atoms with Crippen LogP contribution in [0.3, 0.4) is 0 Å². The molecule has 1 aliphatic rings. The Bertz CT molecular complexity index is 1220. The summed E-state index contributed by atoms with van der Waals surface area (Å²) in [6.45, 7) is 0. The number of phenolic OH excluding ortho intramolecular Hbond substituents is 2. The van der Waals surface area contributed by atoms with Crippen molar-refractivity contribution in [3.63, 3.8) is 0 Å². The van der Waals surface area contributed by atoms with Crippen LogP contribution in [0, 0.1) is 0 Å². The van der Waals surface area contributed by atoms with Gasteiger partial charge in [-0.1, -0.05) is 36.4 Å². The first-order chi connectivity index (χ1) is 12.0. The number of hydrogen-bond acceptors (Lipinski definition) is 4. The van der Waals surface area contributed by atoms with Gasteiger partial charge >= 0.3 is 0 Å². The molecule has 0 spiro atoms. The molecule has 1 aliphatic carbocycles. The summed E-state index contributed by atoms with van der Waals surface area (Å²) in [6.07, 6.45) is 5.83. The lowest BCUT2D eigenvalue weighted by Crippen LogP contribution is -2.41. The van der Waals surface area contributed by atoms with Crippen molar-refractivity contribution in [1.82, 2.24) is 4.98 Å². The number of aromatic nitrogens is 1. The van der Waals surface area contributed by atoms with Gasteiger partial charge in [0.1, 0.15) is 11.5 Å². The number of nitrogens with one attached hydrogen (secondary N) is 1. The largest absolute Gasteiger partial charge is 0.507 e. The van der Waals surface area contributed by atoms with Gasteiger partial charge < -0.3 is 15.3 Å². The number of aromatic amines is 1. The van der Waals surface area contributed by atoms with E-state index in [1.54, 1.807) is 42.5 Å². The zero-order valence-electron chi connectivity index (χ0n) is 13.2. The molecule has 0 amide bonds. The number of allylic oxidation sites excluding steroid dienone is 1. The Morgan fingerprint density at radius 2 is 1.80 bits per heavy atom. The number of rotatable bonds is 1. The average molecular weight is 333 g/mol. The molecule has 5 heteroatoms. The summed E-state index contributed by atoms with van der Waals surface area (Å²) in [7, 11) is 0. The summed E-state index contributed by atoms with van der Waals surface area (Å²) in [5.41, 5.74) is 1.01. The van der Waals surface area contributed by atoms with Crippen LogP contribution >= 0.6 is 0 Å². The molecule has 3 aromatic rings. The van der Waals surface area contributed by atoms with Crippen LogP contribution in [0.1, 0.15) is 12.0 Å². The first-order valence-corrected chi connectivity index (χ1v) is 7.81. The first-order valence-electron chi connectivity index (χ1n) is 7.81. The predicted octanol–water partition coefficient (Wildman–Crippen LogP) is 1.69. The van der Waals surface area contributed by atoms with Gasteiger partial charge in [0.2, 0.25) is 0 Å². The molecule has 1 heterocycles. The van der Waals surface area contributed by atoms with E-state index in [9.17, 15) is 20.1 Å². The standard InChI is InChI=1S/C20H15NO4/c22-17-9-13(19(24)16-4-2-1-3-15(16)17)8-11-5-6-14-12(7-11)10-18(23)21-20(14)25/h1-4,6-10,22-24H,5H2,(H,21,25). The van der Waals surface area contributed by atoms with Crippen molar-refractivity contribution in [2.24, 2.45) is 0 Å². The maximum Gasteiger partial charge on any atom is 0.258 e. The van der Waals surface area contributed by atoms with Crippen molar-refractivity contribution in [3.8, 4) is 17.4 Å². The SMILES string of the molecule is O=c1[nH]c(O)cc2c1=CCC(=Cc1cc(O)c3ccccc3c1O)C=2. The third-order valence-electron chi connectivity index (χ3n) is 4.34. The molecule has 0 radical (unpaired) electrons. The molecule has 124 valence electrons. The van der Waals surface area contributed by atoms with E-state index in [-0.39, 0.29) is 22.9 Å². The van der Waals surface area contributed by atoms with Crippen molar-refractivity contribution in [1.29, 1.82) is 0 Å². The number of benzene rings is 2. The van der Waals surface area contributed by atoms with Gasteiger partial charge in [0.15, 0.2) is 5.88 Å².